The second kappa shape index (κ2) is 12.8. The van der Waals surface area contributed by atoms with Crippen LogP contribution in [0.1, 0.15) is 22.3 Å². The Hall–Kier alpha value is -4.84. The normalized spacial score (nSPS) is 11.3. The molecule has 0 unspecified atom stereocenters. The molecule has 0 amide bonds. The number of hydrogen-bond donors (Lipinski definition) is 2. The molecular formula is C34H36N4O2. The maximum absolute atomic E-state index is 10.9. The van der Waals surface area contributed by atoms with Crippen molar-refractivity contribution in [2.24, 2.45) is 9.98 Å². The Morgan fingerprint density at radius 1 is 0.625 bits per heavy atom. The molecule has 0 aliphatic rings. The third-order valence-corrected chi connectivity index (χ3v) is 6.62. The molecule has 204 valence electrons. The van der Waals surface area contributed by atoms with Crippen LogP contribution in [0.3, 0.4) is 0 Å². The molecule has 6 heteroatoms. The Morgan fingerprint density at radius 3 is 1.35 bits per heavy atom. The summed E-state index contributed by atoms with van der Waals surface area (Å²) in [5.74, 6) is 0.366. The van der Waals surface area contributed by atoms with Crippen molar-refractivity contribution in [3.05, 3.63) is 119 Å². The van der Waals surface area contributed by atoms with Crippen molar-refractivity contribution >= 4 is 35.2 Å². The second-order valence-corrected chi connectivity index (χ2v) is 10.2. The predicted octanol–water partition coefficient (Wildman–Crippen LogP) is 7.07. The summed E-state index contributed by atoms with van der Waals surface area (Å²) in [5.41, 5.74) is 7.48. The van der Waals surface area contributed by atoms with Gasteiger partial charge in [-0.05, 0) is 84.6 Å². The molecule has 40 heavy (non-hydrogen) atoms. The van der Waals surface area contributed by atoms with Gasteiger partial charge in [0, 0.05) is 63.1 Å². The maximum atomic E-state index is 10.9. The number of anilines is 2. The lowest BCUT2D eigenvalue weighted by Gasteiger charge is -2.12. The number of phenolic OH excluding ortho intramolecular Hbond substituents is 2. The molecule has 0 heterocycles. The van der Waals surface area contributed by atoms with Crippen molar-refractivity contribution in [2.45, 2.75) is 12.8 Å². The van der Waals surface area contributed by atoms with Crippen LogP contribution >= 0.6 is 0 Å². The van der Waals surface area contributed by atoms with E-state index in [4.69, 9.17) is 0 Å². The lowest BCUT2D eigenvalue weighted by Crippen LogP contribution is -2.07. The summed E-state index contributed by atoms with van der Waals surface area (Å²) in [6.07, 6.45) is 4.30. The molecule has 6 nitrogen and oxygen atoms in total. The molecule has 0 fully saturated rings. The van der Waals surface area contributed by atoms with Gasteiger partial charge in [-0.15, -0.1) is 0 Å². The summed E-state index contributed by atoms with van der Waals surface area (Å²) in [6.45, 7) is 4.22. The highest BCUT2D eigenvalue weighted by Gasteiger charge is 2.11. The summed E-state index contributed by atoms with van der Waals surface area (Å²) in [5, 5.41) is 21.8. The number of phenols is 2. The fourth-order valence-corrected chi connectivity index (χ4v) is 4.28. The molecule has 0 radical (unpaired) electrons. The Kier molecular flexibility index (Phi) is 9.02. The molecule has 0 saturated carbocycles. The minimum atomic E-state index is 0.183. The van der Waals surface area contributed by atoms with E-state index >= 15 is 0 Å². The molecule has 2 N–H and O–H groups in total. The topological polar surface area (TPSA) is 71.7 Å². The van der Waals surface area contributed by atoms with E-state index < -0.39 is 0 Å². The van der Waals surface area contributed by atoms with Crippen LogP contribution in [0.2, 0.25) is 0 Å². The fraction of sp³-hybridized carbons (Fsp3) is 0.176. The largest absolute Gasteiger partial charge is 0.507 e. The first-order chi connectivity index (χ1) is 19.2. The summed E-state index contributed by atoms with van der Waals surface area (Å²) in [6, 6.07) is 27.0. The van der Waals surface area contributed by atoms with Gasteiger partial charge in [-0.3, -0.25) is 9.98 Å². The number of hydrogen-bond acceptors (Lipinski definition) is 6. The van der Waals surface area contributed by atoms with Gasteiger partial charge in [-0.25, -0.2) is 0 Å². The molecular weight excluding hydrogens is 496 g/mol. The molecule has 0 saturated heterocycles. The summed E-state index contributed by atoms with van der Waals surface area (Å²) < 4.78 is 0. The van der Waals surface area contributed by atoms with Crippen LogP contribution in [-0.4, -0.2) is 50.8 Å². The van der Waals surface area contributed by atoms with E-state index in [0.717, 1.165) is 39.4 Å². The second-order valence-electron chi connectivity index (χ2n) is 10.2. The van der Waals surface area contributed by atoms with Gasteiger partial charge in [-0.1, -0.05) is 36.4 Å². The first-order valence-electron chi connectivity index (χ1n) is 13.1. The van der Waals surface area contributed by atoms with E-state index in [1.165, 1.54) is 0 Å². The van der Waals surface area contributed by atoms with Gasteiger partial charge in [0.2, 0.25) is 0 Å². The van der Waals surface area contributed by atoms with Gasteiger partial charge in [0.05, 0.1) is 11.4 Å². The highest BCUT2D eigenvalue weighted by atomic mass is 16.3. The van der Waals surface area contributed by atoms with E-state index in [1.807, 2.05) is 123 Å². The van der Waals surface area contributed by atoms with Crippen molar-refractivity contribution in [1.29, 1.82) is 0 Å². The number of para-hydroxylation sites is 2. The highest BCUT2D eigenvalue weighted by molar-refractivity contribution is 5.87. The quantitative estimate of drug-likeness (QED) is 0.169. The number of aromatic hydroxyl groups is 2. The number of aliphatic imine (C=N–C) groups is 2. The monoisotopic (exact) mass is 532 g/mol. The average Bonchev–Trinajstić information content (AvgIpc) is 2.94. The number of rotatable bonds is 10. The molecule has 0 aromatic heterocycles. The van der Waals surface area contributed by atoms with Gasteiger partial charge in [0.25, 0.3) is 0 Å². The van der Waals surface area contributed by atoms with Crippen molar-refractivity contribution in [1.82, 2.24) is 0 Å². The first kappa shape index (κ1) is 28.2. The van der Waals surface area contributed by atoms with Crippen molar-refractivity contribution < 1.29 is 10.2 Å². The molecule has 0 aliphatic heterocycles. The molecule has 0 atom stereocenters. The van der Waals surface area contributed by atoms with Gasteiger partial charge in [0.15, 0.2) is 0 Å². The van der Waals surface area contributed by atoms with E-state index in [-0.39, 0.29) is 11.5 Å². The zero-order chi connectivity index (χ0) is 28.6. The SMILES string of the molecule is C=C(Cc1cccc(C=Nc2ccc(N(C)C)cc2)c1O)Cc1cccc(C=Nc2ccc(N(C)C)cc2)c1O. The molecule has 0 bridgehead atoms. The Labute approximate surface area is 236 Å². The van der Waals surface area contributed by atoms with E-state index in [9.17, 15) is 10.2 Å². The first-order valence-corrected chi connectivity index (χ1v) is 13.1. The van der Waals surface area contributed by atoms with Crippen molar-refractivity contribution in [3.8, 4) is 11.5 Å². The highest BCUT2D eigenvalue weighted by Crippen LogP contribution is 2.29. The minimum Gasteiger partial charge on any atom is -0.507 e. The number of nitrogens with zero attached hydrogens (tertiary/aromatic N) is 4. The van der Waals surface area contributed by atoms with Crippen LogP contribution in [0, 0.1) is 0 Å². The zero-order valence-corrected chi connectivity index (χ0v) is 23.5. The van der Waals surface area contributed by atoms with Crippen LogP contribution in [0.5, 0.6) is 11.5 Å². The maximum Gasteiger partial charge on any atom is 0.127 e. The van der Waals surface area contributed by atoms with Gasteiger partial charge in [0.1, 0.15) is 11.5 Å². The van der Waals surface area contributed by atoms with Crippen LogP contribution < -0.4 is 9.80 Å². The number of allylic oxidation sites excluding steroid dienone is 1. The van der Waals surface area contributed by atoms with E-state index in [0.29, 0.717) is 24.0 Å². The average molecular weight is 533 g/mol. The van der Waals surface area contributed by atoms with Crippen molar-refractivity contribution in [3.63, 3.8) is 0 Å². The van der Waals surface area contributed by atoms with Crippen LogP contribution in [-0.2, 0) is 12.8 Å². The molecule has 0 spiro atoms. The summed E-state index contributed by atoms with van der Waals surface area (Å²) in [7, 11) is 7.98. The van der Waals surface area contributed by atoms with Gasteiger partial charge in [-0.2, -0.15) is 0 Å². The standard InChI is InChI=1S/C34H36N4O2/c1-24(20-25-8-6-10-27(33(25)39)22-35-29-12-16-31(17-13-29)37(2)3)21-26-9-7-11-28(34(26)40)23-36-30-14-18-32(19-15-30)38(4)5/h6-19,22-23,39-40H,1,20-21H2,2-5H3. The van der Waals surface area contributed by atoms with Crippen LogP contribution in [0.25, 0.3) is 0 Å². The Morgan fingerprint density at radius 2 is 1.00 bits per heavy atom. The lowest BCUT2D eigenvalue weighted by molar-refractivity contribution is 0.467. The van der Waals surface area contributed by atoms with E-state index in [1.54, 1.807) is 12.4 Å². The zero-order valence-electron chi connectivity index (χ0n) is 23.5. The minimum absolute atomic E-state index is 0.183. The van der Waals surface area contributed by atoms with Crippen LogP contribution in [0.15, 0.2) is 107 Å². The summed E-state index contributed by atoms with van der Waals surface area (Å²) >= 11 is 0. The predicted molar refractivity (Wildman–Crippen MR) is 169 cm³/mol. The number of benzene rings is 4. The third-order valence-electron chi connectivity index (χ3n) is 6.62. The van der Waals surface area contributed by atoms with E-state index in [2.05, 4.69) is 16.6 Å². The Bertz CT molecular complexity index is 1400. The third kappa shape index (κ3) is 7.17. The molecule has 0 aliphatic carbocycles. The van der Waals surface area contributed by atoms with Crippen molar-refractivity contribution in [2.75, 3.05) is 38.0 Å². The molecule has 4 aromatic carbocycles. The van der Waals surface area contributed by atoms with Crippen LogP contribution in [0.4, 0.5) is 22.7 Å². The summed E-state index contributed by atoms with van der Waals surface area (Å²) in [4.78, 5) is 13.1. The van der Waals surface area contributed by atoms with Gasteiger partial charge >= 0.3 is 0 Å². The lowest BCUT2D eigenvalue weighted by atomic mass is 9.96. The van der Waals surface area contributed by atoms with Gasteiger partial charge < -0.3 is 20.0 Å². The fourth-order valence-electron chi connectivity index (χ4n) is 4.28. The Balaban J connectivity index is 1.43. The smallest absolute Gasteiger partial charge is 0.127 e. The molecule has 4 aromatic rings. The molecule has 4 rings (SSSR count).